The van der Waals surface area contributed by atoms with Gasteiger partial charge in [0.15, 0.2) is 0 Å². The largest absolute Gasteiger partial charge is 0.440 e. The maximum Gasteiger partial charge on any atom is 0.417 e. The first-order valence-electron chi connectivity index (χ1n) is 11.5. The minimum Gasteiger partial charge on any atom is -0.440 e. The molecule has 1 aromatic carbocycles. The smallest absolute Gasteiger partial charge is 0.417 e. The SMILES string of the molecule is Cc1nc(N[C@@H](C)c2cn(C(=O)c3ccc(Cl)cc3)cn2)nc(N2C(=O)OC3(CC3)[C@@H]2C(C)C)n1. The summed E-state index contributed by atoms with van der Waals surface area (Å²) in [6, 6.07) is 6.23. The minimum absolute atomic E-state index is 0.128. The summed E-state index contributed by atoms with van der Waals surface area (Å²) in [5, 5.41) is 3.77. The van der Waals surface area contributed by atoms with Crippen molar-refractivity contribution in [1.29, 1.82) is 0 Å². The van der Waals surface area contributed by atoms with Crippen molar-refractivity contribution >= 4 is 35.5 Å². The van der Waals surface area contributed by atoms with Crippen molar-refractivity contribution in [3.63, 3.8) is 0 Å². The van der Waals surface area contributed by atoms with Gasteiger partial charge in [-0.05, 0) is 56.9 Å². The molecule has 1 aliphatic carbocycles. The second-order valence-electron chi connectivity index (χ2n) is 9.38. The maximum atomic E-state index is 12.7. The fraction of sp³-hybridized carbons (Fsp3) is 0.417. The van der Waals surface area contributed by atoms with Crippen LogP contribution in [0, 0.1) is 12.8 Å². The molecule has 2 aromatic heterocycles. The number of hydrogen-bond donors (Lipinski definition) is 1. The summed E-state index contributed by atoms with van der Waals surface area (Å²) in [6.45, 7) is 7.77. The molecule has 0 bridgehead atoms. The molecule has 1 saturated carbocycles. The molecule has 0 unspecified atom stereocenters. The van der Waals surface area contributed by atoms with Gasteiger partial charge >= 0.3 is 6.09 Å². The molecule has 5 rings (SSSR count). The Morgan fingerprint density at radius 1 is 1.17 bits per heavy atom. The molecule has 182 valence electrons. The summed E-state index contributed by atoms with van der Waals surface area (Å²) >= 11 is 5.91. The molecule has 2 atom stereocenters. The van der Waals surface area contributed by atoms with Crippen LogP contribution in [0.5, 0.6) is 0 Å². The highest BCUT2D eigenvalue weighted by atomic mass is 35.5. The molecule has 1 N–H and O–H groups in total. The zero-order chi connectivity index (χ0) is 24.9. The summed E-state index contributed by atoms with van der Waals surface area (Å²) < 4.78 is 7.13. The van der Waals surface area contributed by atoms with E-state index in [0.29, 0.717) is 28.1 Å². The van der Waals surface area contributed by atoms with Crippen LogP contribution in [0.25, 0.3) is 0 Å². The van der Waals surface area contributed by atoms with Gasteiger partial charge in [-0.25, -0.2) is 14.7 Å². The Kier molecular flexibility index (Phi) is 5.71. The van der Waals surface area contributed by atoms with E-state index in [2.05, 4.69) is 39.1 Å². The van der Waals surface area contributed by atoms with Crippen LogP contribution in [-0.4, -0.2) is 48.1 Å². The lowest BCUT2D eigenvalue weighted by Crippen LogP contribution is -2.43. The molecule has 1 saturated heterocycles. The van der Waals surface area contributed by atoms with Gasteiger partial charge < -0.3 is 10.1 Å². The van der Waals surface area contributed by atoms with Crippen LogP contribution in [0.3, 0.4) is 0 Å². The van der Waals surface area contributed by atoms with Crippen molar-refractivity contribution in [1.82, 2.24) is 24.5 Å². The van der Waals surface area contributed by atoms with Gasteiger partial charge in [0, 0.05) is 16.8 Å². The molecule has 2 fully saturated rings. The predicted molar refractivity (Wildman–Crippen MR) is 130 cm³/mol. The van der Waals surface area contributed by atoms with Crippen molar-refractivity contribution in [2.24, 2.45) is 5.92 Å². The molecule has 2 aliphatic rings. The van der Waals surface area contributed by atoms with E-state index < -0.39 is 11.7 Å². The highest BCUT2D eigenvalue weighted by molar-refractivity contribution is 6.30. The minimum atomic E-state index is -0.434. The lowest BCUT2D eigenvalue weighted by atomic mass is 9.96. The van der Waals surface area contributed by atoms with Crippen LogP contribution in [0.2, 0.25) is 5.02 Å². The van der Waals surface area contributed by atoms with Crippen LogP contribution < -0.4 is 10.2 Å². The summed E-state index contributed by atoms with van der Waals surface area (Å²) in [4.78, 5) is 44.8. The van der Waals surface area contributed by atoms with Crippen LogP contribution in [0.4, 0.5) is 16.7 Å². The van der Waals surface area contributed by atoms with E-state index in [1.54, 1.807) is 42.3 Å². The number of anilines is 2. The van der Waals surface area contributed by atoms with E-state index in [0.717, 1.165) is 12.8 Å². The number of amides is 1. The highest BCUT2D eigenvalue weighted by Crippen LogP contribution is 2.52. The monoisotopic (exact) mass is 495 g/mol. The van der Waals surface area contributed by atoms with E-state index in [1.165, 1.54) is 10.9 Å². The molecule has 11 heteroatoms. The second kappa shape index (κ2) is 8.60. The number of carbonyl (C=O) groups is 2. The first kappa shape index (κ1) is 23.2. The number of aryl methyl sites for hydroxylation is 1. The van der Waals surface area contributed by atoms with Crippen LogP contribution in [0.15, 0.2) is 36.8 Å². The van der Waals surface area contributed by atoms with Crippen molar-refractivity contribution in [2.45, 2.75) is 58.2 Å². The number of hydrogen-bond acceptors (Lipinski definition) is 8. The van der Waals surface area contributed by atoms with Gasteiger partial charge in [0.2, 0.25) is 11.9 Å². The molecule has 0 radical (unpaired) electrons. The summed E-state index contributed by atoms with van der Waals surface area (Å²) in [7, 11) is 0. The average molecular weight is 496 g/mol. The van der Waals surface area contributed by atoms with Crippen molar-refractivity contribution in [2.75, 3.05) is 10.2 Å². The second-order valence-corrected chi connectivity index (χ2v) is 9.82. The Hall–Kier alpha value is -3.53. The zero-order valence-corrected chi connectivity index (χ0v) is 20.7. The van der Waals surface area contributed by atoms with Gasteiger partial charge in [0.1, 0.15) is 17.8 Å². The van der Waals surface area contributed by atoms with Gasteiger partial charge in [-0.3, -0.25) is 9.36 Å². The summed E-state index contributed by atoms with van der Waals surface area (Å²) in [5.74, 6) is 1.01. The van der Waals surface area contributed by atoms with E-state index >= 15 is 0 Å². The van der Waals surface area contributed by atoms with Crippen LogP contribution in [0.1, 0.15) is 61.5 Å². The Morgan fingerprint density at radius 3 is 2.54 bits per heavy atom. The topological polar surface area (TPSA) is 115 Å². The number of aromatic nitrogens is 5. The van der Waals surface area contributed by atoms with Gasteiger partial charge in [-0.1, -0.05) is 25.4 Å². The Balaban J connectivity index is 1.35. The molecule has 3 heterocycles. The third kappa shape index (κ3) is 4.34. The lowest BCUT2D eigenvalue weighted by molar-refractivity contribution is 0.0959. The fourth-order valence-corrected chi connectivity index (χ4v) is 4.71. The molecular formula is C24H26ClN7O3. The van der Waals surface area contributed by atoms with Crippen molar-refractivity contribution in [3.8, 4) is 0 Å². The summed E-state index contributed by atoms with van der Waals surface area (Å²) in [5.41, 5.74) is 0.697. The van der Waals surface area contributed by atoms with Crippen LogP contribution in [-0.2, 0) is 4.74 Å². The number of ether oxygens (including phenoxy) is 1. The Labute approximate surface area is 207 Å². The number of carbonyl (C=O) groups excluding carboxylic acids is 2. The zero-order valence-electron chi connectivity index (χ0n) is 19.9. The number of nitrogens with one attached hydrogen (secondary N) is 1. The lowest BCUT2D eigenvalue weighted by Gasteiger charge is -2.26. The van der Waals surface area contributed by atoms with Crippen molar-refractivity contribution in [3.05, 3.63) is 58.9 Å². The number of rotatable bonds is 6. The quantitative estimate of drug-likeness (QED) is 0.534. The van der Waals surface area contributed by atoms with Gasteiger partial charge in [-0.2, -0.15) is 15.0 Å². The van der Waals surface area contributed by atoms with E-state index in [1.807, 2.05) is 6.92 Å². The third-order valence-electron chi connectivity index (χ3n) is 6.35. The molecule has 1 aliphatic heterocycles. The number of imidazole rings is 1. The summed E-state index contributed by atoms with van der Waals surface area (Å²) in [6.07, 6.45) is 4.40. The molecular weight excluding hydrogens is 470 g/mol. The molecule has 3 aromatic rings. The molecule has 10 nitrogen and oxygen atoms in total. The number of nitrogens with zero attached hydrogens (tertiary/aromatic N) is 6. The first-order chi connectivity index (χ1) is 16.7. The van der Waals surface area contributed by atoms with Gasteiger partial charge in [-0.15, -0.1) is 0 Å². The van der Waals surface area contributed by atoms with Gasteiger partial charge in [0.25, 0.3) is 5.91 Å². The third-order valence-corrected chi connectivity index (χ3v) is 6.60. The van der Waals surface area contributed by atoms with E-state index in [9.17, 15) is 9.59 Å². The normalized spacial score (nSPS) is 19.2. The fourth-order valence-electron chi connectivity index (χ4n) is 4.59. The van der Waals surface area contributed by atoms with Gasteiger partial charge in [0.05, 0.1) is 17.8 Å². The first-order valence-corrected chi connectivity index (χ1v) is 11.9. The highest BCUT2D eigenvalue weighted by Gasteiger charge is 2.63. The maximum absolute atomic E-state index is 12.7. The van der Waals surface area contributed by atoms with Crippen molar-refractivity contribution < 1.29 is 14.3 Å². The van der Waals surface area contributed by atoms with Crippen LogP contribution >= 0.6 is 11.6 Å². The number of halogens is 1. The Morgan fingerprint density at radius 2 is 1.89 bits per heavy atom. The average Bonchev–Trinajstić information content (AvgIpc) is 3.26. The van der Waals surface area contributed by atoms with E-state index in [4.69, 9.17) is 16.3 Å². The van der Waals surface area contributed by atoms with E-state index in [-0.39, 0.29) is 29.9 Å². The molecule has 1 amide bonds. The molecule has 35 heavy (non-hydrogen) atoms. The number of benzene rings is 1. The standard InChI is InChI=1S/C24H26ClN7O3/c1-13(2)19-24(9-10-24)35-23(34)32(19)22-29-15(4)28-21(30-22)27-14(3)18-11-31(12-26-18)20(33)16-5-7-17(25)8-6-16/h5-8,11-14,19H,9-10H2,1-4H3,(H,27,28,29,30)/t14-,19-/m0/s1. The molecule has 1 spiro atoms. The predicted octanol–water partition coefficient (Wildman–Crippen LogP) is 4.41. The Bertz CT molecular complexity index is 1290.